The molecule has 1 aliphatic heterocycles. The molecule has 0 saturated carbocycles. The number of rotatable bonds is 5. The lowest BCUT2D eigenvalue weighted by Gasteiger charge is -2.12. The Morgan fingerprint density at radius 2 is 1.71 bits per heavy atom. The molecule has 6 heteroatoms. The molecule has 1 aliphatic rings. The molecule has 0 spiro atoms. The van der Waals surface area contributed by atoms with E-state index in [0.717, 1.165) is 5.56 Å². The smallest absolute Gasteiger partial charge is 0.152 e. The molecular weight excluding hydrogens is 413 g/mol. The topological polar surface area (TPSA) is 59.3 Å². The van der Waals surface area contributed by atoms with Crippen LogP contribution < -0.4 is 9.47 Å². The van der Waals surface area contributed by atoms with Gasteiger partial charge in [0.2, 0.25) is 0 Å². The molecule has 1 atom stereocenters. The molecule has 4 nitrogen and oxygen atoms in total. The summed E-state index contributed by atoms with van der Waals surface area (Å²) in [6.45, 7) is 1.78. The van der Waals surface area contributed by atoms with Gasteiger partial charge >= 0.3 is 0 Å². The number of allylic oxidation sites excluding steroid dienone is 1. The Hall–Kier alpha value is -3.69. The molecule has 0 bridgehead atoms. The summed E-state index contributed by atoms with van der Waals surface area (Å²) in [7, 11) is 0.0306. The molecular formula is C25H18FNO3S. The lowest BCUT2D eigenvalue weighted by Crippen LogP contribution is -1.99. The van der Waals surface area contributed by atoms with Gasteiger partial charge in [0.1, 0.15) is 17.3 Å². The standard InChI is InChI=1S/C25H18FNO3S/c1-16-14-18(26)7-11-21(16)25-24(22-12-10-20(29-2)15-23(22)31(25)28)30-19-8-5-17(6-9-19)4-3-13-27/h3-12,14-15H,1-2H3/b4-3+. The summed E-state index contributed by atoms with van der Waals surface area (Å²) in [5.74, 6) is 1.26. The highest BCUT2D eigenvalue weighted by Gasteiger charge is 2.33. The van der Waals surface area contributed by atoms with Gasteiger partial charge in [-0.15, -0.1) is 0 Å². The SMILES string of the molecule is COc1ccc2c(c1)S(=O)C(c1ccc(F)cc1C)=C2Oc1ccc(/C=C/C#N)cc1. The first-order valence-electron chi connectivity index (χ1n) is 9.47. The molecule has 154 valence electrons. The summed E-state index contributed by atoms with van der Waals surface area (Å²) >= 11 is 0. The minimum absolute atomic E-state index is 0.353. The first-order chi connectivity index (χ1) is 15.0. The molecule has 1 unspecified atom stereocenters. The number of fused-ring (bicyclic) bond motifs is 1. The molecule has 3 aromatic carbocycles. The van der Waals surface area contributed by atoms with Gasteiger partial charge in [0.15, 0.2) is 5.76 Å². The minimum Gasteiger partial charge on any atom is -0.497 e. The molecule has 0 amide bonds. The summed E-state index contributed by atoms with van der Waals surface area (Å²) in [5, 5.41) is 8.68. The highest BCUT2D eigenvalue weighted by atomic mass is 32.2. The van der Waals surface area contributed by atoms with Gasteiger partial charge in [-0.3, -0.25) is 0 Å². The van der Waals surface area contributed by atoms with Crippen LogP contribution in [0.3, 0.4) is 0 Å². The van der Waals surface area contributed by atoms with Crippen molar-refractivity contribution in [2.24, 2.45) is 0 Å². The summed E-state index contributed by atoms with van der Waals surface area (Å²) in [5.41, 5.74) is 2.89. The Kier molecular flexibility index (Phi) is 5.70. The van der Waals surface area contributed by atoms with Gasteiger partial charge in [0.05, 0.1) is 33.8 Å². The average molecular weight is 431 g/mol. The van der Waals surface area contributed by atoms with Crippen LogP contribution in [0, 0.1) is 24.1 Å². The van der Waals surface area contributed by atoms with Crippen molar-refractivity contribution in [1.82, 2.24) is 0 Å². The third kappa shape index (κ3) is 4.00. The summed E-state index contributed by atoms with van der Waals surface area (Å²) in [4.78, 5) is 1.08. The summed E-state index contributed by atoms with van der Waals surface area (Å²) in [6.07, 6.45) is 3.10. The number of benzene rings is 3. The summed E-state index contributed by atoms with van der Waals surface area (Å²) < 4.78 is 38.7. The molecule has 3 aromatic rings. The van der Waals surface area contributed by atoms with E-state index in [0.29, 0.717) is 43.7 Å². The van der Waals surface area contributed by atoms with E-state index >= 15 is 0 Å². The third-order valence-corrected chi connectivity index (χ3v) is 6.42. The lowest BCUT2D eigenvalue weighted by atomic mass is 10.1. The van der Waals surface area contributed by atoms with Crippen LogP contribution in [0.15, 0.2) is 71.6 Å². The van der Waals surface area contributed by atoms with Crippen molar-refractivity contribution >= 4 is 27.5 Å². The fourth-order valence-electron chi connectivity index (χ4n) is 3.39. The maximum atomic E-state index is 13.7. The number of nitriles is 1. The van der Waals surface area contributed by atoms with E-state index in [4.69, 9.17) is 14.7 Å². The van der Waals surface area contributed by atoms with Crippen LogP contribution in [0.1, 0.15) is 22.3 Å². The number of nitrogens with zero attached hydrogens (tertiary/aromatic N) is 1. The molecule has 0 radical (unpaired) electrons. The van der Waals surface area contributed by atoms with Gasteiger partial charge in [-0.1, -0.05) is 18.2 Å². The van der Waals surface area contributed by atoms with Gasteiger partial charge in [0, 0.05) is 11.6 Å². The van der Waals surface area contributed by atoms with Gasteiger partial charge < -0.3 is 9.47 Å². The van der Waals surface area contributed by atoms with Crippen LogP contribution in [-0.2, 0) is 10.8 Å². The van der Waals surface area contributed by atoms with Crippen molar-refractivity contribution in [3.8, 4) is 17.6 Å². The molecule has 0 aliphatic carbocycles. The molecule has 0 N–H and O–H groups in total. The normalized spacial score (nSPS) is 15.1. The van der Waals surface area contributed by atoms with E-state index in [1.165, 1.54) is 18.2 Å². The zero-order valence-electron chi connectivity index (χ0n) is 16.9. The van der Waals surface area contributed by atoms with Crippen molar-refractivity contribution in [3.05, 3.63) is 94.8 Å². The van der Waals surface area contributed by atoms with Gasteiger partial charge in [-0.2, -0.15) is 5.26 Å². The average Bonchev–Trinajstić information content (AvgIpc) is 3.04. The van der Waals surface area contributed by atoms with E-state index in [-0.39, 0.29) is 5.82 Å². The van der Waals surface area contributed by atoms with E-state index < -0.39 is 10.8 Å². The highest BCUT2D eigenvalue weighted by molar-refractivity contribution is 7.95. The van der Waals surface area contributed by atoms with Crippen molar-refractivity contribution in [2.75, 3.05) is 7.11 Å². The zero-order valence-corrected chi connectivity index (χ0v) is 17.7. The van der Waals surface area contributed by atoms with Gasteiger partial charge in [-0.05, 0) is 72.2 Å². The van der Waals surface area contributed by atoms with E-state index in [2.05, 4.69) is 0 Å². The molecule has 31 heavy (non-hydrogen) atoms. The van der Waals surface area contributed by atoms with Crippen LogP contribution in [0.2, 0.25) is 0 Å². The quantitative estimate of drug-likeness (QED) is 0.486. The summed E-state index contributed by atoms with van der Waals surface area (Å²) in [6, 6.07) is 18.9. The van der Waals surface area contributed by atoms with Gasteiger partial charge in [0.25, 0.3) is 0 Å². The number of halogens is 1. The van der Waals surface area contributed by atoms with Crippen LogP contribution in [0.25, 0.3) is 16.7 Å². The van der Waals surface area contributed by atoms with Crippen molar-refractivity contribution < 1.29 is 18.1 Å². The van der Waals surface area contributed by atoms with Crippen molar-refractivity contribution in [2.45, 2.75) is 11.8 Å². The number of ether oxygens (including phenoxy) is 2. The van der Waals surface area contributed by atoms with Crippen molar-refractivity contribution in [1.29, 1.82) is 5.26 Å². The second-order valence-corrected chi connectivity index (χ2v) is 8.27. The fourth-order valence-corrected chi connectivity index (χ4v) is 4.94. The molecule has 0 fully saturated rings. The fraction of sp³-hybridized carbons (Fsp3) is 0.0800. The molecule has 4 rings (SSSR count). The second-order valence-electron chi connectivity index (χ2n) is 6.88. The molecule has 1 heterocycles. The molecule has 0 saturated heterocycles. The number of hydrogen-bond acceptors (Lipinski definition) is 4. The maximum absolute atomic E-state index is 13.7. The second kappa shape index (κ2) is 8.58. The number of methoxy groups -OCH3 is 1. The van der Waals surface area contributed by atoms with Crippen LogP contribution in [0.4, 0.5) is 4.39 Å². The van der Waals surface area contributed by atoms with Crippen molar-refractivity contribution in [3.63, 3.8) is 0 Å². The molecule has 0 aromatic heterocycles. The highest BCUT2D eigenvalue weighted by Crippen LogP contribution is 2.44. The monoisotopic (exact) mass is 431 g/mol. The Morgan fingerprint density at radius 3 is 2.39 bits per heavy atom. The Balaban J connectivity index is 1.83. The Morgan fingerprint density at radius 1 is 1.00 bits per heavy atom. The van der Waals surface area contributed by atoms with Gasteiger partial charge in [-0.25, -0.2) is 8.60 Å². The number of aryl methyl sites for hydroxylation is 1. The number of hydrogen-bond donors (Lipinski definition) is 0. The maximum Gasteiger partial charge on any atom is 0.152 e. The third-order valence-electron chi connectivity index (χ3n) is 4.91. The minimum atomic E-state index is -1.52. The van der Waals surface area contributed by atoms with E-state index in [1.54, 1.807) is 50.4 Å². The first-order valence-corrected chi connectivity index (χ1v) is 10.6. The predicted octanol–water partition coefficient (Wildman–Crippen LogP) is 5.71. The van der Waals surface area contributed by atoms with E-state index in [1.807, 2.05) is 24.3 Å². The first kappa shape index (κ1) is 20.6. The zero-order chi connectivity index (χ0) is 22.0. The lowest BCUT2D eigenvalue weighted by molar-refractivity contribution is 0.413. The van der Waals surface area contributed by atoms with Crippen LogP contribution in [-0.4, -0.2) is 11.3 Å². The Bertz CT molecular complexity index is 1290. The Labute approximate surface area is 182 Å². The predicted molar refractivity (Wildman–Crippen MR) is 119 cm³/mol. The van der Waals surface area contributed by atoms with E-state index in [9.17, 15) is 8.60 Å². The largest absolute Gasteiger partial charge is 0.497 e. The van der Waals surface area contributed by atoms with Crippen LogP contribution >= 0.6 is 0 Å². The van der Waals surface area contributed by atoms with Crippen LogP contribution in [0.5, 0.6) is 11.5 Å².